The highest BCUT2D eigenvalue weighted by molar-refractivity contribution is 6.31. The molecule has 0 unspecified atom stereocenters. The van der Waals surface area contributed by atoms with E-state index in [4.69, 9.17) is 16.3 Å². The number of hydrogen-bond donors (Lipinski definition) is 2. The molecule has 0 atom stereocenters. The molecule has 30 heavy (non-hydrogen) atoms. The topological polar surface area (TPSA) is 70.9 Å². The lowest BCUT2D eigenvalue weighted by molar-refractivity contribution is -0.123. The first-order chi connectivity index (χ1) is 14.4. The summed E-state index contributed by atoms with van der Waals surface area (Å²) in [6, 6.07) is 18.5. The molecule has 3 rings (SSSR count). The van der Waals surface area contributed by atoms with Crippen molar-refractivity contribution in [3.8, 4) is 11.5 Å². The lowest BCUT2D eigenvalue weighted by Crippen LogP contribution is -2.24. The molecule has 6 heteroatoms. The van der Waals surface area contributed by atoms with Gasteiger partial charge in [0.2, 0.25) is 0 Å². The molecule has 0 bridgehead atoms. The van der Waals surface area contributed by atoms with E-state index in [9.17, 15) is 9.90 Å². The molecule has 2 N–H and O–H groups in total. The van der Waals surface area contributed by atoms with Crippen LogP contribution in [0.4, 0.5) is 0 Å². The molecule has 3 aromatic carbocycles. The van der Waals surface area contributed by atoms with Crippen molar-refractivity contribution in [2.75, 3.05) is 6.61 Å². The Hall–Kier alpha value is -3.31. The number of nitrogens with zero attached hydrogens (tertiary/aromatic N) is 1. The Labute approximate surface area is 181 Å². The largest absolute Gasteiger partial charge is 0.507 e. The highest BCUT2D eigenvalue weighted by Gasteiger charge is 2.06. The van der Waals surface area contributed by atoms with Crippen LogP contribution in [0.1, 0.15) is 27.8 Å². The Bertz CT molecular complexity index is 1080. The number of amides is 1. The van der Waals surface area contributed by atoms with Gasteiger partial charge in [-0.2, -0.15) is 5.10 Å². The van der Waals surface area contributed by atoms with E-state index in [0.29, 0.717) is 22.8 Å². The van der Waals surface area contributed by atoms with Crippen LogP contribution in [0.3, 0.4) is 0 Å². The molecule has 1 amide bonds. The first-order valence-corrected chi connectivity index (χ1v) is 9.87. The quantitative estimate of drug-likeness (QED) is 0.425. The van der Waals surface area contributed by atoms with Crippen LogP contribution in [0.15, 0.2) is 65.8 Å². The van der Waals surface area contributed by atoms with Crippen LogP contribution >= 0.6 is 11.6 Å². The van der Waals surface area contributed by atoms with E-state index in [0.717, 1.165) is 22.3 Å². The molecule has 0 aromatic heterocycles. The first kappa shape index (κ1) is 21.4. The van der Waals surface area contributed by atoms with E-state index in [1.54, 1.807) is 12.1 Å². The minimum Gasteiger partial charge on any atom is -0.507 e. The van der Waals surface area contributed by atoms with E-state index < -0.39 is 5.91 Å². The van der Waals surface area contributed by atoms with Gasteiger partial charge in [-0.1, -0.05) is 41.9 Å². The number of nitrogens with one attached hydrogen (secondary N) is 1. The van der Waals surface area contributed by atoms with Crippen molar-refractivity contribution in [3.05, 3.63) is 93.5 Å². The number of carbonyl (C=O) groups is 1. The monoisotopic (exact) mass is 422 g/mol. The molecule has 0 heterocycles. The average molecular weight is 423 g/mol. The van der Waals surface area contributed by atoms with Crippen LogP contribution in [0, 0.1) is 13.8 Å². The summed E-state index contributed by atoms with van der Waals surface area (Å²) in [5.41, 5.74) is 7.11. The van der Waals surface area contributed by atoms with Gasteiger partial charge in [-0.05, 0) is 72.9 Å². The number of phenolic OH excluding ortho intramolecular Hbond substituents is 1. The first-order valence-electron chi connectivity index (χ1n) is 9.49. The Morgan fingerprint density at radius 1 is 1.10 bits per heavy atom. The lowest BCUT2D eigenvalue weighted by atomic mass is 10.0. The molecule has 0 saturated heterocycles. The predicted octanol–water partition coefficient (Wildman–Crippen LogP) is 4.78. The van der Waals surface area contributed by atoms with Gasteiger partial charge in [0.1, 0.15) is 11.5 Å². The predicted molar refractivity (Wildman–Crippen MR) is 120 cm³/mol. The van der Waals surface area contributed by atoms with Gasteiger partial charge in [-0.15, -0.1) is 0 Å². The summed E-state index contributed by atoms with van der Waals surface area (Å²) < 4.78 is 5.48. The third kappa shape index (κ3) is 5.84. The minimum atomic E-state index is -0.392. The van der Waals surface area contributed by atoms with Crippen LogP contribution in [0.5, 0.6) is 11.5 Å². The molecule has 0 fully saturated rings. The van der Waals surface area contributed by atoms with Crippen LogP contribution in [-0.4, -0.2) is 23.8 Å². The highest BCUT2D eigenvalue weighted by Crippen LogP contribution is 2.22. The van der Waals surface area contributed by atoms with Gasteiger partial charge in [0, 0.05) is 10.6 Å². The SMILES string of the molecule is Cc1ccc(OCC(=O)N/N=C/c2cc(Cc3ccccc3Cl)ccc2O)cc1C. The fraction of sp³-hybridized carbons (Fsp3) is 0.167. The number of hydrazone groups is 1. The number of aromatic hydroxyl groups is 1. The maximum atomic E-state index is 12.0. The van der Waals surface area contributed by atoms with Crippen molar-refractivity contribution >= 4 is 23.7 Å². The van der Waals surface area contributed by atoms with Gasteiger partial charge in [-0.3, -0.25) is 4.79 Å². The van der Waals surface area contributed by atoms with Crippen molar-refractivity contribution in [2.24, 2.45) is 5.10 Å². The maximum Gasteiger partial charge on any atom is 0.277 e. The number of ether oxygens (including phenoxy) is 1. The van der Waals surface area contributed by atoms with Crippen molar-refractivity contribution in [2.45, 2.75) is 20.3 Å². The number of benzene rings is 3. The Kier molecular flexibility index (Phi) is 7.09. The third-order valence-electron chi connectivity index (χ3n) is 4.69. The number of carbonyl (C=O) groups excluding carboxylic acids is 1. The molecule has 0 aliphatic heterocycles. The normalized spacial score (nSPS) is 10.9. The summed E-state index contributed by atoms with van der Waals surface area (Å²) in [6.07, 6.45) is 2.02. The zero-order valence-corrected chi connectivity index (χ0v) is 17.6. The van der Waals surface area contributed by atoms with Gasteiger partial charge in [0.25, 0.3) is 5.91 Å². The van der Waals surface area contributed by atoms with Gasteiger partial charge in [0.15, 0.2) is 6.61 Å². The Morgan fingerprint density at radius 3 is 2.67 bits per heavy atom. The van der Waals surface area contributed by atoms with Crippen molar-refractivity contribution in [1.82, 2.24) is 5.43 Å². The number of halogens is 1. The fourth-order valence-corrected chi connectivity index (χ4v) is 3.04. The molecular formula is C24H23ClN2O3. The molecule has 3 aromatic rings. The molecule has 5 nitrogen and oxygen atoms in total. The van der Waals surface area contributed by atoms with Crippen molar-refractivity contribution in [3.63, 3.8) is 0 Å². The summed E-state index contributed by atoms with van der Waals surface area (Å²) in [7, 11) is 0. The van der Waals surface area contributed by atoms with Gasteiger partial charge < -0.3 is 9.84 Å². The number of hydrogen-bond acceptors (Lipinski definition) is 4. The summed E-state index contributed by atoms with van der Waals surface area (Å²) in [6.45, 7) is 3.84. The number of phenols is 1. The lowest BCUT2D eigenvalue weighted by Gasteiger charge is -2.08. The molecule has 0 spiro atoms. The summed E-state index contributed by atoms with van der Waals surface area (Å²) in [4.78, 5) is 12.0. The summed E-state index contributed by atoms with van der Waals surface area (Å²) >= 11 is 6.22. The molecule has 0 aliphatic carbocycles. The van der Waals surface area contributed by atoms with E-state index in [-0.39, 0.29) is 12.4 Å². The number of rotatable bonds is 7. The molecular weight excluding hydrogens is 400 g/mol. The van der Waals surface area contributed by atoms with E-state index in [1.165, 1.54) is 6.21 Å². The molecule has 0 saturated carbocycles. The van der Waals surface area contributed by atoms with Crippen LogP contribution in [0.25, 0.3) is 0 Å². The van der Waals surface area contributed by atoms with Gasteiger partial charge >= 0.3 is 0 Å². The van der Waals surface area contributed by atoms with Gasteiger partial charge in [0.05, 0.1) is 6.21 Å². The van der Waals surface area contributed by atoms with E-state index >= 15 is 0 Å². The van der Waals surface area contributed by atoms with Crippen molar-refractivity contribution < 1.29 is 14.6 Å². The third-order valence-corrected chi connectivity index (χ3v) is 5.05. The Balaban J connectivity index is 1.57. The van der Waals surface area contributed by atoms with Crippen LogP contribution in [0.2, 0.25) is 5.02 Å². The smallest absolute Gasteiger partial charge is 0.277 e. The minimum absolute atomic E-state index is 0.0716. The summed E-state index contributed by atoms with van der Waals surface area (Å²) in [5.74, 6) is 0.306. The van der Waals surface area contributed by atoms with E-state index in [1.807, 2.05) is 62.4 Å². The van der Waals surface area contributed by atoms with Gasteiger partial charge in [-0.25, -0.2) is 5.43 Å². The zero-order chi connectivity index (χ0) is 21.5. The van der Waals surface area contributed by atoms with E-state index in [2.05, 4.69) is 10.5 Å². The molecule has 0 radical (unpaired) electrons. The van der Waals surface area contributed by atoms with Crippen LogP contribution < -0.4 is 10.2 Å². The molecule has 154 valence electrons. The zero-order valence-electron chi connectivity index (χ0n) is 16.9. The van der Waals surface area contributed by atoms with Crippen molar-refractivity contribution in [1.29, 1.82) is 0 Å². The van der Waals surface area contributed by atoms with Crippen LogP contribution in [-0.2, 0) is 11.2 Å². The Morgan fingerprint density at radius 2 is 1.90 bits per heavy atom. The second kappa shape index (κ2) is 9.94. The molecule has 0 aliphatic rings. The summed E-state index contributed by atoms with van der Waals surface area (Å²) in [5, 5.41) is 14.7. The second-order valence-corrected chi connectivity index (χ2v) is 7.40. The average Bonchev–Trinajstić information content (AvgIpc) is 2.73. The number of aryl methyl sites for hydroxylation is 2. The second-order valence-electron chi connectivity index (χ2n) is 6.99. The maximum absolute atomic E-state index is 12.0. The fourth-order valence-electron chi connectivity index (χ4n) is 2.84. The highest BCUT2D eigenvalue weighted by atomic mass is 35.5. The standard InChI is InChI=1S/C24H23ClN2O3/c1-16-7-9-21(11-17(16)2)30-15-24(29)27-26-14-20-13-18(8-10-23(20)28)12-19-5-3-4-6-22(19)25/h3-11,13-14,28H,12,15H2,1-2H3,(H,27,29)/b26-14+.